The fraction of sp³-hybridized carbons (Fsp3) is 0.227. The van der Waals surface area contributed by atoms with E-state index in [1.165, 1.54) is 24.0 Å². The molecule has 2 heterocycles. The van der Waals surface area contributed by atoms with Crippen LogP contribution >= 0.6 is 23.1 Å². The molecule has 1 aliphatic heterocycles. The molecule has 154 valence electrons. The number of nitrogens with zero attached hydrogens (tertiary/aromatic N) is 2. The van der Waals surface area contributed by atoms with Crippen molar-refractivity contribution in [3.05, 3.63) is 70.5 Å². The van der Waals surface area contributed by atoms with Gasteiger partial charge in [0.2, 0.25) is 5.91 Å². The standard InChI is InChI=1S/C22H20FN3O2S2/c1-13-7-8-17(14(2)9-13)25-20(27)18-11-29-12-26(18)22(28)19-10-24-21(30-19)15-5-3-4-6-16(15)23/h3-10,18H,11-12H2,1-2H3,(H,25,27). The van der Waals surface area contributed by atoms with Gasteiger partial charge in [0.05, 0.1) is 12.1 Å². The molecule has 1 unspecified atom stereocenters. The van der Waals surface area contributed by atoms with Crippen molar-refractivity contribution >= 4 is 40.6 Å². The molecule has 1 atom stereocenters. The largest absolute Gasteiger partial charge is 0.324 e. The maximum atomic E-state index is 14.0. The third-order valence-electron chi connectivity index (χ3n) is 4.91. The lowest BCUT2D eigenvalue weighted by Crippen LogP contribution is -2.44. The van der Waals surface area contributed by atoms with Gasteiger partial charge in [0.1, 0.15) is 21.7 Å². The first-order chi connectivity index (χ1) is 14.4. The van der Waals surface area contributed by atoms with E-state index in [0.29, 0.717) is 27.1 Å². The van der Waals surface area contributed by atoms with Crippen LogP contribution in [-0.2, 0) is 4.79 Å². The predicted octanol–water partition coefficient (Wildman–Crippen LogP) is 4.72. The summed E-state index contributed by atoms with van der Waals surface area (Å²) in [5.41, 5.74) is 3.20. The summed E-state index contributed by atoms with van der Waals surface area (Å²) in [4.78, 5) is 32.1. The number of thiazole rings is 1. The van der Waals surface area contributed by atoms with Gasteiger partial charge in [-0.3, -0.25) is 9.59 Å². The highest BCUT2D eigenvalue weighted by atomic mass is 32.2. The minimum atomic E-state index is -0.567. The summed E-state index contributed by atoms with van der Waals surface area (Å²) in [5, 5.41) is 3.39. The number of carbonyl (C=O) groups excluding carboxylic acids is 2. The van der Waals surface area contributed by atoms with E-state index >= 15 is 0 Å². The summed E-state index contributed by atoms with van der Waals surface area (Å²) in [5.74, 6) is 0.103. The number of nitrogens with one attached hydrogen (secondary N) is 1. The van der Waals surface area contributed by atoms with Crippen LogP contribution in [0.4, 0.5) is 10.1 Å². The summed E-state index contributed by atoms with van der Waals surface area (Å²) in [6.07, 6.45) is 1.46. The van der Waals surface area contributed by atoms with Crippen molar-refractivity contribution in [2.45, 2.75) is 19.9 Å². The summed E-state index contributed by atoms with van der Waals surface area (Å²) < 4.78 is 14.0. The number of hydrogen-bond donors (Lipinski definition) is 1. The SMILES string of the molecule is Cc1ccc(NC(=O)C2CSCN2C(=O)c2cnc(-c3ccccc3F)s2)c(C)c1. The summed E-state index contributed by atoms with van der Waals surface area (Å²) in [6, 6.07) is 11.6. The molecule has 0 aliphatic carbocycles. The second-order valence-corrected chi connectivity index (χ2v) is 9.14. The number of hydrogen-bond acceptors (Lipinski definition) is 5. The molecule has 0 radical (unpaired) electrons. The van der Waals surface area contributed by atoms with Crippen molar-refractivity contribution in [3.8, 4) is 10.6 Å². The van der Waals surface area contributed by atoms with Crippen molar-refractivity contribution in [1.82, 2.24) is 9.88 Å². The Bertz CT molecular complexity index is 1120. The number of thioether (sulfide) groups is 1. The van der Waals surface area contributed by atoms with Gasteiger partial charge in [0, 0.05) is 17.0 Å². The number of halogens is 1. The van der Waals surface area contributed by atoms with E-state index in [2.05, 4.69) is 10.3 Å². The zero-order chi connectivity index (χ0) is 21.3. The topological polar surface area (TPSA) is 62.3 Å². The minimum absolute atomic E-state index is 0.209. The molecule has 1 aromatic heterocycles. The predicted molar refractivity (Wildman–Crippen MR) is 119 cm³/mol. The van der Waals surface area contributed by atoms with Gasteiger partial charge in [-0.25, -0.2) is 9.37 Å². The van der Waals surface area contributed by atoms with Gasteiger partial charge >= 0.3 is 0 Å². The Kier molecular flexibility index (Phi) is 5.87. The third-order valence-corrected chi connectivity index (χ3v) is 6.94. The highest BCUT2D eigenvalue weighted by Crippen LogP contribution is 2.31. The molecule has 4 rings (SSSR count). The monoisotopic (exact) mass is 441 g/mol. The molecule has 2 aromatic carbocycles. The fourth-order valence-corrected chi connectivity index (χ4v) is 5.36. The van der Waals surface area contributed by atoms with Crippen LogP contribution in [-0.4, -0.2) is 39.4 Å². The van der Waals surface area contributed by atoms with Crippen LogP contribution in [0.5, 0.6) is 0 Å². The molecule has 8 heteroatoms. The number of aryl methyl sites for hydroxylation is 2. The van der Waals surface area contributed by atoms with E-state index in [9.17, 15) is 14.0 Å². The van der Waals surface area contributed by atoms with Crippen LogP contribution in [0.1, 0.15) is 20.8 Å². The van der Waals surface area contributed by atoms with E-state index in [0.717, 1.165) is 28.2 Å². The summed E-state index contributed by atoms with van der Waals surface area (Å²) in [6.45, 7) is 3.94. The maximum absolute atomic E-state index is 14.0. The molecule has 1 saturated heterocycles. The first-order valence-electron chi connectivity index (χ1n) is 9.41. The zero-order valence-corrected chi connectivity index (χ0v) is 18.1. The fourth-order valence-electron chi connectivity index (χ4n) is 3.30. The van der Waals surface area contributed by atoms with Gasteiger partial charge in [0.15, 0.2) is 0 Å². The summed E-state index contributed by atoms with van der Waals surface area (Å²) >= 11 is 2.67. The highest BCUT2D eigenvalue weighted by molar-refractivity contribution is 7.99. The number of amides is 2. The van der Waals surface area contributed by atoms with Crippen molar-refractivity contribution < 1.29 is 14.0 Å². The Morgan fingerprint density at radius 1 is 1.20 bits per heavy atom. The van der Waals surface area contributed by atoms with Crippen LogP contribution < -0.4 is 5.32 Å². The number of rotatable bonds is 4. The van der Waals surface area contributed by atoms with Crippen LogP contribution in [0.2, 0.25) is 0 Å². The number of aromatic nitrogens is 1. The molecule has 1 fully saturated rings. The minimum Gasteiger partial charge on any atom is -0.324 e. The smallest absolute Gasteiger partial charge is 0.266 e. The molecule has 2 amide bonds. The van der Waals surface area contributed by atoms with Crippen LogP contribution in [0.25, 0.3) is 10.6 Å². The first kappa shape index (κ1) is 20.6. The van der Waals surface area contributed by atoms with Gasteiger partial charge < -0.3 is 10.2 Å². The first-order valence-corrected chi connectivity index (χ1v) is 11.4. The summed E-state index contributed by atoms with van der Waals surface area (Å²) in [7, 11) is 0. The van der Waals surface area contributed by atoms with Crippen molar-refractivity contribution in [3.63, 3.8) is 0 Å². The number of carbonyl (C=O) groups is 2. The van der Waals surface area contributed by atoms with E-state index in [-0.39, 0.29) is 17.6 Å². The zero-order valence-electron chi connectivity index (χ0n) is 16.5. The second kappa shape index (κ2) is 8.57. The lowest BCUT2D eigenvalue weighted by molar-refractivity contribution is -0.119. The molecular formula is C22H20FN3O2S2. The van der Waals surface area contributed by atoms with E-state index < -0.39 is 6.04 Å². The quantitative estimate of drug-likeness (QED) is 0.636. The molecule has 1 N–H and O–H groups in total. The van der Waals surface area contributed by atoms with Crippen molar-refractivity contribution in [2.75, 3.05) is 16.9 Å². The van der Waals surface area contributed by atoms with Crippen LogP contribution in [0, 0.1) is 19.7 Å². The highest BCUT2D eigenvalue weighted by Gasteiger charge is 2.36. The Hall–Kier alpha value is -2.71. The van der Waals surface area contributed by atoms with Crippen LogP contribution in [0.3, 0.4) is 0 Å². The van der Waals surface area contributed by atoms with E-state index in [4.69, 9.17) is 0 Å². The maximum Gasteiger partial charge on any atom is 0.266 e. The lowest BCUT2D eigenvalue weighted by atomic mass is 10.1. The molecule has 0 spiro atoms. The Morgan fingerprint density at radius 2 is 2.00 bits per heavy atom. The number of anilines is 1. The van der Waals surface area contributed by atoms with Gasteiger partial charge in [-0.05, 0) is 37.6 Å². The molecule has 0 bridgehead atoms. The Morgan fingerprint density at radius 3 is 2.77 bits per heavy atom. The number of benzene rings is 2. The Balaban J connectivity index is 1.51. The van der Waals surface area contributed by atoms with Crippen LogP contribution in [0.15, 0.2) is 48.7 Å². The molecule has 5 nitrogen and oxygen atoms in total. The van der Waals surface area contributed by atoms with Gasteiger partial charge in [-0.2, -0.15) is 0 Å². The van der Waals surface area contributed by atoms with E-state index in [1.54, 1.807) is 23.1 Å². The molecule has 3 aromatic rings. The Labute approximate surface area is 182 Å². The molecule has 1 aliphatic rings. The van der Waals surface area contributed by atoms with Crippen molar-refractivity contribution in [1.29, 1.82) is 0 Å². The molecular weight excluding hydrogens is 421 g/mol. The average molecular weight is 442 g/mol. The van der Waals surface area contributed by atoms with Crippen molar-refractivity contribution in [2.24, 2.45) is 0 Å². The third kappa shape index (κ3) is 4.11. The molecule has 0 saturated carbocycles. The van der Waals surface area contributed by atoms with Gasteiger partial charge in [-0.15, -0.1) is 23.1 Å². The average Bonchev–Trinajstić information content (AvgIpc) is 3.40. The normalized spacial score (nSPS) is 16.0. The molecule has 30 heavy (non-hydrogen) atoms. The lowest BCUT2D eigenvalue weighted by Gasteiger charge is -2.22. The second-order valence-electron chi connectivity index (χ2n) is 7.11. The van der Waals surface area contributed by atoms with Gasteiger partial charge in [-0.1, -0.05) is 29.8 Å². The van der Waals surface area contributed by atoms with Gasteiger partial charge in [0.25, 0.3) is 5.91 Å². The van der Waals surface area contributed by atoms with E-state index in [1.807, 2.05) is 32.0 Å².